The summed E-state index contributed by atoms with van der Waals surface area (Å²) in [5.41, 5.74) is 1.82. The van der Waals surface area contributed by atoms with Gasteiger partial charge in [0, 0.05) is 22.8 Å². The van der Waals surface area contributed by atoms with Crippen LogP contribution in [0.4, 0.5) is 0 Å². The molecule has 2 unspecified atom stereocenters. The summed E-state index contributed by atoms with van der Waals surface area (Å²) in [6.45, 7) is 0. The molecule has 2 heterocycles. The first-order chi connectivity index (χ1) is 9.31. The molecule has 2 atom stereocenters. The summed E-state index contributed by atoms with van der Waals surface area (Å²) in [7, 11) is 1.60. The highest BCUT2D eigenvalue weighted by molar-refractivity contribution is 7.99. The molecule has 1 aromatic heterocycles. The highest BCUT2D eigenvalue weighted by Gasteiger charge is 2.32. The Hall–Kier alpha value is -1.52. The van der Waals surface area contributed by atoms with E-state index in [0.717, 1.165) is 5.75 Å². The molecule has 0 radical (unpaired) electrons. The van der Waals surface area contributed by atoms with Crippen LogP contribution in [-0.4, -0.2) is 23.0 Å². The summed E-state index contributed by atoms with van der Waals surface area (Å²) in [5, 5.41) is 10.6. The third-order valence-corrected chi connectivity index (χ3v) is 4.63. The van der Waals surface area contributed by atoms with Crippen LogP contribution in [0.5, 0.6) is 5.75 Å². The lowest BCUT2D eigenvalue weighted by molar-refractivity contribution is 0.145. The first kappa shape index (κ1) is 12.5. The second-order valence-corrected chi connectivity index (χ2v) is 5.55. The monoisotopic (exact) mass is 273 g/mol. The van der Waals surface area contributed by atoms with E-state index in [1.54, 1.807) is 25.1 Å². The molecule has 98 valence electrons. The Labute approximate surface area is 116 Å². The average Bonchev–Trinajstić information content (AvgIpc) is 2.90. The number of hydrogen-bond acceptors (Lipinski definition) is 4. The number of benzene rings is 1. The van der Waals surface area contributed by atoms with Gasteiger partial charge in [-0.1, -0.05) is 18.2 Å². The number of methoxy groups -OCH3 is 1. The molecule has 0 aliphatic carbocycles. The van der Waals surface area contributed by atoms with Gasteiger partial charge in [-0.2, -0.15) is 0 Å². The number of aliphatic hydroxyl groups excluding tert-OH is 1. The predicted molar refractivity (Wildman–Crippen MR) is 75.7 cm³/mol. The fourth-order valence-corrected chi connectivity index (χ4v) is 3.72. The lowest BCUT2D eigenvalue weighted by atomic mass is 9.93. The van der Waals surface area contributed by atoms with Crippen molar-refractivity contribution in [3.63, 3.8) is 0 Å². The molecule has 0 fully saturated rings. The van der Waals surface area contributed by atoms with Crippen molar-refractivity contribution >= 4 is 11.8 Å². The summed E-state index contributed by atoms with van der Waals surface area (Å²) in [4.78, 5) is 5.53. The molecule has 1 aliphatic rings. The largest absolute Gasteiger partial charge is 0.495 e. The van der Waals surface area contributed by atoms with Crippen molar-refractivity contribution in [2.45, 2.75) is 16.9 Å². The highest BCUT2D eigenvalue weighted by Crippen LogP contribution is 2.46. The van der Waals surface area contributed by atoms with E-state index in [1.165, 1.54) is 10.5 Å². The van der Waals surface area contributed by atoms with Crippen molar-refractivity contribution in [3.8, 4) is 5.75 Å². The predicted octanol–water partition coefficient (Wildman–Crippen LogP) is 3.01. The van der Waals surface area contributed by atoms with Crippen LogP contribution in [0.1, 0.15) is 23.3 Å². The first-order valence-electron chi connectivity index (χ1n) is 6.20. The number of fused-ring (bicyclic) bond motifs is 1. The third kappa shape index (κ3) is 2.22. The van der Waals surface area contributed by atoms with E-state index in [0.29, 0.717) is 11.4 Å². The van der Waals surface area contributed by atoms with Crippen molar-refractivity contribution in [1.82, 2.24) is 4.98 Å². The van der Waals surface area contributed by atoms with Crippen LogP contribution in [-0.2, 0) is 0 Å². The number of pyridine rings is 1. The molecule has 0 bridgehead atoms. The minimum atomic E-state index is -0.632. The number of thioether (sulfide) groups is 1. The number of aromatic nitrogens is 1. The Kier molecular flexibility index (Phi) is 3.44. The molecule has 19 heavy (non-hydrogen) atoms. The molecule has 1 N–H and O–H groups in total. The summed E-state index contributed by atoms with van der Waals surface area (Å²) >= 11 is 1.78. The van der Waals surface area contributed by atoms with Gasteiger partial charge in [-0.25, -0.2) is 0 Å². The van der Waals surface area contributed by atoms with E-state index >= 15 is 0 Å². The smallest absolute Gasteiger partial charge is 0.143 e. The van der Waals surface area contributed by atoms with Gasteiger partial charge >= 0.3 is 0 Å². The Morgan fingerprint density at radius 3 is 3.00 bits per heavy atom. The molecule has 0 saturated heterocycles. The second-order valence-electron chi connectivity index (χ2n) is 4.49. The Bertz CT molecular complexity index is 588. The lowest BCUT2D eigenvalue weighted by Gasteiger charge is -2.19. The van der Waals surface area contributed by atoms with Crippen molar-refractivity contribution < 1.29 is 9.84 Å². The average molecular weight is 273 g/mol. The van der Waals surface area contributed by atoms with Gasteiger partial charge in [0.25, 0.3) is 0 Å². The topological polar surface area (TPSA) is 42.4 Å². The van der Waals surface area contributed by atoms with E-state index in [1.807, 2.05) is 24.3 Å². The molecule has 3 rings (SSSR count). The molecule has 0 amide bonds. The lowest BCUT2D eigenvalue weighted by Crippen LogP contribution is -2.13. The van der Waals surface area contributed by atoms with E-state index < -0.39 is 6.10 Å². The van der Waals surface area contributed by atoms with Crippen molar-refractivity contribution in [1.29, 1.82) is 0 Å². The molecule has 4 heteroatoms. The molecular weight excluding hydrogens is 258 g/mol. The summed E-state index contributed by atoms with van der Waals surface area (Å²) in [5.74, 6) is 1.59. The van der Waals surface area contributed by atoms with Crippen LogP contribution in [0.2, 0.25) is 0 Å². The van der Waals surface area contributed by atoms with Gasteiger partial charge in [-0.3, -0.25) is 4.98 Å². The van der Waals surface area contributed by atoms with Gasteiger partial charge in [0.1, 0.15) is 17.5 Å². The van der Waals surface area contributed by atoms with Gasteiger partial charge in [0.05, 0.1) is 7.11 Å². The van der Waals surface area contributed by atoms with E-state index in [2.05, 4.69) is 17.1 Å². The molecule has 0 saturated carbocycles. The molecular formula is C15H15NO2S. The first-order valence-corrected chi connectivity index (χ1v) is 7.18. The second kappa shape index (κ2) is 5.23. The Morgan fingerprint density at radius 2 is 2.16 bits per heavy atom. The number of ether oxygens (including phenoxy) is 1. The van der Waals surface area contributed by atoms with Gasteiger partial charge in [-0.15, -0.1) is 11.8 Å². The van der Waals surface area contributed by atoms with Gasteiger partial charge in [0.2, 0.25) is 0 Å². The molecule has 0 spiro atoms. The van der Waals surface area contributed by atoms with Gasteiger partial charge in [0.15, 0.2) is 0 Å². The minimum absolute atomic E-state index is 0.0741. The molecule has 1 aliphatic heterocycles. The van der Waals surface area contributed by atoms with E-state index in [-0.39, 0.29) is 5.92 Å². The molecule has 2 aromatic rings. The number of nitrogens with zero attached hydrogens (tertiary/aromatic N) is 1. The summed E-state index contributed by atoms with van der Waals surface area (Å²) in [6.07, 6.45) is 1.06. The molecule has 3 nitrogen and oxygen atoms in total. The maximum Gasteiger partial charge on any atom is 0.143 e. The van der Waals surface area contributed by atoms with E-state index in [4.69, 9.17) is 4.74 Å². The number of hydrogen-bond donors (Lipinski definition) is 1. The van der Waals surface area contributed by atoms with Crippen LogP contribution >= 0.6 is 11.8 Å². The van der Waals surface area contributed by atoms with Crippen LogP contribution in [0.15, 0.2) is 47.5 Å². The Morgan fingerprint density at radius 1 is 1.32 bits per heavy atom. The fraction of sp³-hybridized carbons (Fsp3) is 0.267. The maximum atomic E-state index is 10.6. The quantitative estimate of drug-likeness (QED) is 0.933. The zero-order valence-electron chi connectivity index (χ0n) is 10.6. The highest BCUT2D eigenvalue weighted by atomic mass is 32.2. The van der Waals surface area contributed by atoms with Crippen LogP contribution in [0.25, 0.3) is 0 Å². The van der Waals surface area contributed by atoms with Gasteiger partial charge in [-0.05, 0) is 23.8 Å². The number of rotatable bonds is 3. The van der Waals surface area contributed by atoms with Crippen LogP contribution < -0.4 is 4.74 Å². The third-order valence-electron chi connectivity index (χ3n) is 3.42. The van der Waals surface area contributed by atoms with E-state index in [9.17, 15) is 5.11 Å². The van der Waals surface area contributed by atoms with Crippen LogP contribution in [0.3, 0.4) is 0 Å². The Balaban J connectivity index is 1.95. The summed E-state index contributed by atoms with van der Waals surface area (Å²) < 4.78 is 5.28. The fourth-order valence-electron chi connectivity index (χ4n) is 2.44. The maximum absolute atomic E-state index is 10.6. The van der Waals surface area contributed by atoms with Gasteiger partial charge < -0.3 is 9.84 Å². The normalized spacial score (nSPS) is 18.9. The zero-order valence-corrected chi connectivity index (χ0v) is 11.4. The van der Waals surface area contributed by atoms with Crippen molar-refractivity contribution in [2.24, 2.45) is 0 Å². The summed E-state index contributed by atoms with van der Waals surface area (Å²) in [6, 6.07) is 11.9. The minimum Gasteiger partial charge on any atom is -0.495 e. The molecule has 1 aromatic carbocycles. The number of aliphatic hydroxyl groups is 1. The van der Waals surface area contributed by atoms with Crippen LogP contribution in [0, 0.1) is 0 Å². The zero-order chi connectivity index (χ0) is 13.2. The standard InChI is InChI=1S/C15H15NO2S/c1-18-12-6-4-8-16-14(12)15(17)11-9-19-13-7-3-2-5-10(11)13/h2-8,11,15,17H,9H2,1H3. The SMILES string of the molecule is COc1cccnc1C(O)C1CSc2ccccc21. The van der Waals surface area contributed by atoms with Crippen molar-refractivity contribution in [2.75, 3.05) is 12.9 Å². The van der Waals surface area contributed by atoms with Crippen molar-refractivity contribution in [3.05, 3.63) is 53.9 Å².